The highest BCUT2D eigenvalue weighted by Crippen LogP contribution is 2.40. The molecule has 1 aromatic carbocycles. The minimum atomic E-state index is -0.243. The number of carbonyl (C=O) groups is 2. The largest absolute Gasteiger partial charge is 0.289 e. The van der Waals surface area contributed by atoms with Crippen LogP contribution >= 0.6 is 0 Å². The number of ketones is 2. The Bertz CT molecular complexity index is 1090. The zero-order valence-corrected chi connectivity index (χ0v) is 21.0. The Kier molecular flexibility index (Phi) is 5.97. The van der Waals surface area contributed by atoms with Gasteiger partial charge in [0.2, 0.25) is 0 Å². The molecule has 2 aliphatic carbocycles. The van der Waals surface area contributed by atoms with Gasteiger partial charge in [-0.2, -0.15) is 0 Å². The van der Waals surface area contributed by atoms with E-state index in [0.29, 0.717) is 0 Å². The molecule has 0 saturated heterocycles. The molecule has 0 radical (unpaired) electrons. The maximum absolute atomic E-state index is 13.2. The Hall–Kier alpha value is -2.74. The molecule has 0 N–H and O–H groups in total. The van der Waals surface area contributed by atoms with Crippen LogP contribution in [0.4, 0.5) is 0 Å². The molecular weight excluding hydrogens is 392 g/mol. The number of hydrogen-bond donors (Lipinski definition) is 0. The SMILES string of the molecule is CC(C)(C)C1=CC(=C/C=C2\C=C(C(C)(C)C)C(=O)c3ccccc32)C=C(C(C)(C)C)C1=O. The zero-order valence-electron chi connectivity index (χ0n) is 21.0. The van der Waals surface area contributed by atoms with Crippen LogP contribution in [0.15, 0.2) is 76.9 Å². The molecule has 0 saturated carbocycles. The zero-order chi connectivity index (χ0) is 24.1. The number of allylic oxidation sites excluding steroid dienone is 10. The van der Waals surface area contributed by atoms with Gasteiger partial charge in [-0.15, -0.1) is 0 Å². The first kappa shape index (κ1) is 23.9. The van der Waals surface area contributed by atoms with Gasteiger partial charge in [-0.05, 0) is 51.2 Å². The summed E-state index contributed by atoms with van der Waals surface area (Å²) >= 11 is 0. The fraction of sp³-hybridized carbons (Fsp3) is 0.400. The summed E-state index contributed by atoms with van der Waals surface area (Å²) in [6.45, 7) is 18.7. The van der Waals surface area contributed by atoms with Crippen LogP contribution in [0.3, 0.4) is 0 Å². The lowest BCUT2D eigenvalue weighted by molar-refractivity contribution is -0.114. The Labute approximate surface area is 193 Å². The molecule has 0 atom stereocenters. The van der Waals surface area contributed by atoms with E-state index in [4.69, 9.17) is 0 Å². The average molecular weight is 429 g/mol. The predicted molar refractivity (Wildman–Crippen MR) is 134 cm³/mol. The summed E-state index contributed by atoms with van der Waals surface area (Å²) in [4.78, 5) is 26.3. The van der Waals surface area contributed by atoms with E-state index in [9.17, 15) is 9.59 Å². The van der Waals surface area contributed by atoms with E-state index in [2.05, 4.69) is 74.5 Å². The number of carbonyl (C=O) groups excluding carboxylic acids is 2. The van der Waals surface area contributed by atoms with Crippen LogP contribution in [0.2, 0.25) is 0 Å². The van der Waals surface area contributed by atoms with E-state index in [-0.39, 0.29) is 27.8 Å². The highest BCUT2D eigenvalue weighted by atomic mass is 16.1. The van der Waals surface area contributed by atoms with E-state index in [0.717, 1.165) is 39.0 Å². The molecule has 0 fully saturated rings. The van der Waals surface area contributed by atoms with Crippen molar-refractivity contribution in [2.75, 3.05) is 0 Å². The van der Waals surface area contributed by atoms with Crippen LogP contribution < -0.4 is 0 Å². The van der Waals surface area contributed by atoms with E-state index < -0.39 is 0 Å². The second-order valence-electron chi connectivity index (χ2n) is 11.9. The summed E-state index contributed by atoms with van der Waals surface area (Å²) in [5.74, 6) is 0.240. The van der Waals surface area contributed by atoms with Gasteiger partial charge in [0.05, 0.1) is 0 Å². The van der Waals surface area contributed by atoms with Crippen LogP contribution in [0.25, 0.3) is 5.57 Å². The van der Waals surface area contributed by atoms with Crippen LogP contribution in [0.5, 0.6) is 0 Å². The fourth-order valence-electron chi connectivity index (χ4n) is 4.12. The van der Waals surface area contributed by atoms with E-state index in [1.165, 1.54) is 0 Å². The minimum Gasteiger partial charge on any atom is -0.289 e. The minimum absolute atomic E-state index is 0.103. The topological polar surface area (TPSA) is 34.1 Å². The highest BCUT2D eigenvalue weighted by Gasteiger charge is 2.34. The van der Waals surface area contributed by atoms with Gasteiger partial charge >= 0.3 is 0 Å². The van der Waals surface area contributed by atoms with Crippen LogP contribution in [-0.4, -0.2) is 11.6 Å². The lowest BCUT2D eigenvalue weighted by Gasteiger charge is -2.31. The highest BCUT2D eigenvalue weighted by molar-refractivity contribution is 6.16. The van der Waals surface area contributed by atoms with Gasteiger partial charge < -0.3 is 0 Å². The van der Waals surface area contributed by atoms with Crippen LogP contribution in [-0.2, 0) is 4.79 Å². The van der Waals surface area contributed by atoms with Crippen molar-refractivity contribution in [2.24, 2.45) is 16.2 Å². The lowest BCUT2D eigenvalue weighted by atomic mass is 9.72. The Morgan fingerprint density at radius 2 is 1.00 bits per heavy atom. The summed E-state index contributed by atoms with van der Waals surface area (Å²) in [6, 6.07) is 7.80. The Balaban J connectivity index is 2.19. The molecule has 3 rings (SSSR count). The molecule has 0 spiro atoms. The Morgan fingerprint density at radius 1 is 0.562 bits per heavy atom. The summed E-state index contributed by atoms with van der Waals surface area (Å²) < 4.78 is 0. The molecule has 0 aromatic heterocycles. The third-order valence-electron chi connectivity index (χ3n) is 6.02. The molecule has 2 heteroatoms. The predicted octanol–water partition coefficient (Wildman–Crippen LogP) is 7.69. The molecule has 2 nitrogen and oxygen atoms in total. The molecule has 0 amide bonds. The molecule has 2 aliphatic rings. The third kappa shape index (κ3) is 4.70. The second-order valence-corrected chi connectivity index (χ2v) is 11.9. The van der Waals surface area contributed by atoms with E-state index >= 15 is 0 Å². The normalized spacial score (nSPS) is 18.8. The van der Waals surface area contributed by atoms with Gasteiger partial charge in [0.1, 0.15) is 0 Å². The second kappa shape index (κ2) is 7.99. The van der Waals surface area contributed by atoms with Crippen molar-refractivity contribution in [3.05, 3.63) is 88.1 Å². The standard InChI is InChI=1S/C30H36O2/c1-28(2,3)23-16-19(17-24(27(23)32)29(4,5)6)14-15-20-18-25(30(7,8)9)26(31)22-13-11-10-12-21(20)22/h10-18H,1-9H3/b20-15+. The third-order valence-corrected chi connectivity index (χ3v) is 6.02. The van der Waals surface area contributed by atoms with E-state index in [1.807, 2.05) is 42.5 Å². The van der Waals surface area contributed by atoms with Gasteiger partial charge in [-0.3, -0.25) is 9.59 Å². The van der Waals surface area contributed by atoms with Crippen LogP contribution in [0.1, 0.15) is 78.2 Å². The smallest absolute Gasteiger partial charge is 0.190 e. The molecule has 1 aromatic rings. The number of hydrogen-bond acceptors (Lipinski definition) is 2. The average Bonchev–Trinajstić information content (AvgIpc) is 2.65. The first-order chi connectivity index (χ1) is 14.6. The number of rotatable bonds is 1. The van der Waals surface area contributed by atoms with Gasteiger partial charge in [-0.1, -0.05) is 98.7 Å². The number of benzene rings is 1. The van der Waals surface area contributed by atoms with Gasteiger partial charge in [0, 0.05) is 22.3 Å². The van der Waals surface area contributed by atoms with Gasteiger partial charge in [-0.25, -0.2) is 0 Å². The maximum Gasteiger partial charge on any atom is 0.190 e. The van der Waals surface area contributed by atoms with Crippen molar-refractivity contribution >= 4 is 17.1 Å². The van der Waals surface area contributed by atoms with Crippen molar-refractivity contribution < 1.29 is 9.59 Å². The molecule has 0 bridgehead atoms. The molecule has 0 unspecified atom stereocenters. The van der Waals surface area contributed by atoms with Gasteiger partial charge in [0.15, 0.2) is 11.6 Å². The molecule has 0 aliphatic heterocycles. The number of Topliss-reactive ketones (excluding diaryl/α,β-unsaturated/α-hetero) is 2. The summed E-state index contributed by atoms with van der Waals surface area (Å²) in [6.07, 6.45) is 10.2. The summed E-state index contributed by atoms with van der Waals surface area (Å²) in [5, 5.41) is 0. The lowest BCUT2D eigenvalue weighted by Crippen LogP contribution is -2.27. The molecule has 32 heavy (non-hydrogen) atoms. The van der Waals surface area contributed by atoms with Crippen molar-refractivity contribution in [1.29, 1.82) is 0 Å². The molecule has 0 heterocycles. The Morgan fingerprint density at radius 3 is 1.47 bits per heavy atom. The summed E-state index contributed by atoms with van der Waals surface area (Å²) in [7, 11) is 0. The molecular formula is C30H36O2. The molecule has 168 valence electrons. The van der Waals surface area contributed by atoms with Crippen molar-refractivity contribution in [1.82, 2.24) is 0 Å². The van der Waals surface area contributed by atoms with Crippen LogP contribution in [0, 0.1) is 16.2 Å². The van der Waals surface area contributed by atoms with Crippen molar-refractivity contribution in [3.8, 4) is 0 Å². The fourth-order valence-corrected chi connectivity index (χ4v) is 4.12. The first-order valence-corrected chi connectivity index (χ1v) is 11.4. The summed E-state index contributed by atoms with van der Waals surface area (Å²) in [5.41, 5.74) is 5.49. The number of fused-ring (bicyclic) bond motifs is 1. The van der Waals surface area contributed by atoms with E-state index in [1.54, 1.807) is 0 Å². The maximum atomic E-state index is 13.2. The monoisotopic (exact) mass is 428 g/mol. The quantitative estimate of drug-likeness (QED) is 0.459. The van der Waals surface area contributed by atoms with Gasteiger partial charge in [0.25, 0.3) is 0 Å². The van der Waals surface area contributed by atoms with Crippen molar-refractivity contribution in [2.45, 2.75) is 62.3 Å². The van der Waals surface area contributed by atoms with Crippen molar-refractivity contribution in [3.63, 3.8) is 0 Å². The first-order valence-electron chi connectivity index (χ1n) is 11.4.